The van der Waals surface area contributed by atoms with E-state index >= 15 is 0 Å². The summed E-state index contributed by atoms with van der Waals surface area (Å²) in [6.45, 7) is 5.73. The van der Waals surface area contributed by atoms with Gasteiger partial charge < -0.3 is 4.90 Å². The minimum atomic E-state index is 0.774. The summed E-state index contributed by atoms with van der Waals surface area (Å²) in [6, 6.07) is 14.8. The lowest BCUT2D eigenvalue weighted by molar-refractivity contribution is 0.309. The second kappa shape index (κ2) is 5.45. The SMILES string of the molecule is c1ccc(CN2CC3CN(c4cccnn4)CC3C2)cc1. The van der Waals surface area contributed by atoms with Crippen molar-refractivity contribution in [3.8, 4) is 0 Å². The molecule has 2 aromatic rings. The van der Waals surface area contributed by atoms with Gasteiger partial charge in [0.15, 0.2) is 5.82 Å². The highest BCUT2D eigenvalue weighted by Gasteiger charge is 2.40. The lowest BCUT2D eigenvalue weighted by Gasteiger charge is -2.21. The van der Waals surface area contributed by atoms with Crippen molar-refractivity contribution in [2.45, 2.75) is 6.54 Å². The largest absolute Gasteiger partial charge is 0.354 e. The van der Waals surface area contributed by atoms with Crippen molar-refractivity contribution in [2.24, 2.45) is 11.8 Å². The van der Waals surface area contributed by atoms with Crippen molar-refractivity contribution in [3.63, 3.8) is 0 Å². The number of rotatable bonds is 3. The van der Waals surface area contributed by atoms with E-state index in [2.05, 4.69) is 56.4 Å². The standard InChI is InChI=1S/C17H20N4/c1-2-5-14(6-3-1)9-20-10-15-12-21(13-16(15)11-20)17-7-4-8-18-19-17/h1-8,15-16H,9-13H2. The number of hydrogen-bond acceptors (Lipinski definition) is 4. The maximum Gasteiger partial charge on any atom is 0.151 e. The first-order valence-corrected chi connectivity index (χ1v) is 7.67. The van der Waals surface area contributed by atoms with Crippen LogP contribution < -0.4 is 4.90 Å². The highest BCUT2D eigenvalue weighted by atomic mass is 15.3. The smallest absolute Gasteiger partial charge is 0.151 e. The average Bonchev–Trinajstić information content (AvgIpc) is 3.07. The fourth-order valence-electron chi connectivity index (χ4n) is 3.71. The van der Waals surface area contributed by atoms with Gasteiger partial charge in [-0.1, -0.05) is 30.3 Å². The fourth-order valence-corrected chi connectivity index (χ4v) is 3.71. The van der Waals surface area contributed by atoms with Gasteiger partial charge in [-0.2, -0.15) is 5.10 Å². The molecule has 0 bridgehead atoms. The lowest BCUT2D eigenvalue weighted by atomic mass is 10.0. The summed E-state index contributed by atoms with van der Waals surface area (Å²) < 4.78 is 0. The van der Waals surface area contributed by atoms with Crippen LogP contribution in [0.4, 0.5) is 5.82 Å². The third kappa shape index (κ3) is 2.63. The van der Waals surface area contributed by atoms with Crippen LogP contribution in [0.3, 0.4) is 0 Å². The molecule has 2 saturated heterocycles. The molecule has 2 unspecified atom stereocenters. The number of nitrogens with zero attached hydrogens (tertiary/aromatic N) is 4. The van der Waals surface area contributed by atoms with Crippen LogP contribution >= 0.6 is 0 Å². The normalized spacial score (nSPS) is 25.2. The van der Waals surface area contributed by atoms with E-state index in [1.165, 1.54) is 18.7 Å². The summed E-state index contributed by atoms with van der Waals surface area (Å²) in [4.78, 5) is 4.99. The Balaban J connectivity index is 1.37. The van der Waals surface area contributed by atoms with Crippen molar-refractivity contribution in [1.82, 2.24) is 15.1 Å². The molecule has 4 nitrogen and oxygen atoms in total. The van der Waals surface area contributed by atoms with Gasteiger partial charge in [0.1, 0.15) is 0 Å². The predicted octanol–water partition coefficient (Wildman–Crippen LogP) is 2.04. The van der Waals surface area contributed by atoms with Gasteiger partial charge in [-0.05, 0) is 29.5 Å². The molecule has 21 heavy (non-hydrogen) atoms. The Kier molecular flexibility index (Phi) is 3.31. The number of likely N-dealkylation sites (tertiary alicyclic amines) is 1. The zero-order valence-corrected chi connectivity index (χ0v) is 12.1. The van der Waals surface area contributed by atoms with E-state index in [0.717, 1.165) is 37.3 Å². The van der Waals surface area contributed by atoms with Crippen molar-refractivity contribution in [3.05, 3.63) is 54.2 Å². The highest BCUT2D eigenvalue weighted by molar-refractivity contribution is 5.38. The van der Waals surface area contributed by atoms with Crippen LogP contribution in [0.5, 0.6) is 0 Å². The van der Waals surface area contributed by atoms with Crippen LogP contribution in [0, 0.1) is 11.8 Å². The number of aromatic nitrogens is 2. The molecule has 2 atom stereocenters. The summed E-state index contributed by atoms with van der Waals surface area (Å²) in [5, 5.41) is 8.23. The van der Waals surface area contributed by atoms with Gasteiger partial charge in [0.2, 0.25) is 0 Å². The summed E-state index contributed by atoms with van der Waals surface area (Å²) in [7, 11) is 0. The Morgan fingerprint density at radius 3 is 2.33 bits per heavy atom. The Morgan fingerprint density at radius 2 is 1.67 bits per heavy atom. The third-order valence-electron chi connectivity index (χ3n) is 4.69. The van der Waals surface area contributed by atoms with Gasteiger partial charge >= 0.3 is 0 Å². The first-order chi connectivity index (χ1) is 10.4. The van der Waals surface area contributed by atoms with E-state index in [9.17, 15) is 0 Å². The van der Waals surface area contributed by atoms with Gasteiger partial charge in [-0.3, -0.25) is 4.90 Å². The molecule has 2 fully saturated rings. The lowest BCUT2D eigenvalue weighted by Crippen LogP contribution is -2.29. The molecule has 1 aromatic heterocycles. The molecule has 3 heterocycles. The van der Waals surface area contributed by atoms with Crippen LogP contribution in [-0.4, -0.2) is 41.3 Å². The minimum absolute atomic E-state index is 0.774. The first kappa shape index (κ1) is 12.8. The second-order valence-electron chi connectivity index (χ2n) is 6.19. The molecule has 0 saturated carbocycles. The Hall–Kier alpha value is -1.94. The fraction of sp³-hybridized carbons (Fsp3) is 0.412. The molecule has 0 N–H and O–H groups in total. The van der Waals surface area contributed by atoms with E-state index in [1.54, 1.807) is 6.20 Å². The molecule has 0 radical (unpaired) electrons. The molecular formula is C17H20N4. The van der Waals surface area contributed by atoms with Gasteiger partial charge in [-0.25, -0.2) is 0 Å². The zero-order valence-electron chi connectivity index (χ0n) is 12.1. The predicted molar refractivity (Wildman–Crippen MR) is 82.9 cm³/mol. The van der Waals surface area contributed by atoms with Gasteiger partial charge in [-0.15, -0.1) is 5.10 Å². The molecule has 4 heteroatoms. The van der Waals surface area contributed by atoms with Crippen molar-refractivity contribution in [1.29, 1.82) is 0 Å². The number of benzene rings is 1. The van der Waals surface area contributed by atoms with Crippen molar-refractivity contribution in [2.75, 3.05) is 31.1 Å². The molecule has 0 aliphatic carbocycles. The molecule has 108 valence electrons. The molecule has 0 spiro atoms. The minimum Gasteiger partial charge on any atom is -0.354 e. The summed E-state index contributed by atoms with van der Waals surface area (Å²) >= 11 is 0. The Bertz CT molecular complexity index is 572. The van der Waals surface area contributed by atoms with E-state index in [4.69, 9.17) is 0 Å². The monoisotopic (exact) mass is 280 g/mol. The quantitative estimate of drug-likeness (QED) is 0.861. The average molecular weight is 280 g/mol. The zero-order chi connectivity index (χ0) is 14.1. The highest BCUT2D eigenvalue weighted by Crippen LogP contribution is 2.33. The van der Waals surface area contributed by atoms with Crippen molar-refractivity contribution >= 4 is 5.82 Å². The molecule has 2 aliphatic rings. The van der Waals surface area contributed by atoms with Crippen LogP contribution in [0.15, 0.2) is 48.7 Å². The van der Waals surface area contributed by atoms with Crippen LogP contribution in [0.1, 0.15) is 5.56 Å². The Labute approximate surface area is 125 Å². The second-order valence-corrected chi connectivity index (χ2v) is 6.19. The molecule has 4 rings (SSSR count). The van der Waals surface area contributed by atoms with Gasteiger partial charge in [0.05, 0.1) is 0 Å². The van der Waals surface area contributed by atoms with Gasteiger partial charge in [0.25, 0.3) is 0 Å². The number of fused-ring (bicyclic) bond motifs is 1. The molecule has 0 amide bonds. The topological polar surface area (TPSA) is 32.3 Å². The number of anilines is 1. The molecule has 2 aliphatic heterocycles. The summed E-state index contributed by atoms with van der Waals surface area (Å²) in [5.41, 5.74) is 1.42. The van der Waals surface area contributed by atoms with E-state index < -0.39 is 0 Å². The Morgan fingerprint density at radius 1 is 0.905 bits per heavy atom. The maximum atomic E-state index is 4.24. The number of hydrogen-bond donors (Lipinski definition) is 0. The van der Waals surface area contributed by atoms with Gasteiger partial charge in [0, 0.05) is 38.9 Å². The van der Waals surface area contributed by atoms with Crippen LogP contribution in [0.25, 0.3) is 0 Å². The summed E-state index contributed by atoms with van der Waals surface area (Å²) in [6.07, 6.45) is 1.74. The van der Waals surface area contributed by atoms with Crippen molar-refractivity contribution < 1.29 is 0 Å². The molecular weight excluding hydrogens is 260 g/mol. The van der Waals surface area contributed by atoms with E-state index in [1.807, 2.05) is 6.07 Å². The van der Waals surface area contributed by atoms with Crippen LogP contribution in [-0.2, 0) is 6.54 Å². The van der Waals surface area contributed by atoms with Crippen LogP contribution in [0.2, 0.25) is 0 Å². The van der Waals surface area contributed by atoms with E-state index in [0.29, 0.717) is 0 Å². The maximum absolute atomic E-state index is 4.24. The first-order valence-electron chi connectivity index (χ1n) is 7.67. The molecule has 1 aromatic carbocycles. The summed E-state index contributed by atoms with van der Waals surface area (Å²) in [5.74, 6) is 2.58. The van der Waals surface area contributed by atoms with E-state index in [-0.39, 0.29) is 0 Å². The third-order valence-corrected chi connectivity index (χ3v) is 4.69.